The number of carboxylic acids is 1. The number of carbonyl (C=O) groups is 2. The molecule has 1 saturated heterocycles. The average molecular weight is 549 g/mol. The lowest BCUT2D eigenvalue weighted by molar-refractivity contribution is -0.139. The molecule has 7 nitrogen and oxygen atoms in total. The Morgan fingerprint density at radius 3 is 2.81 bits per heavy atom. The minimum Gasteiger partial charge on any atom is -0.481 e. The number of hydrogen-bond donors (Lipinski definition) is 1. The number of alkyl halides is 3. The highest BCUT2D eigenvalue weighted by atomic mass is 35.5. The number of thioether (sulfide) groups is 1. The number of benzene rings is 2. The van der Waals surface area contributed by atoms with E-state index in [1.54, 1.807) is 24.4 Å². The third-order valence-corrected chi connectivity index (χ3v) is 7.57. The summed E-state index contributed by atoms with van der Waals surface area (Å²) in [5.41, 5.74) is 0.629. The van der Waals surface area contributed by atoms with Crippen molar-refractivity contribution in [1.82, 2.24) is 14.7 Å². The maximum atomic E-state index is 13.5. The molecule has 0 bridgehead atoms. The van der Waals surface area contributed by atoms with Crippen LogP contribution in [0.4, 0.5) is 13.2 Å². The highest BCUT2D eigenvalue weighted by Gasteiger charge is 2.34. The van der Waals surface area contributed by atoms with E-state index in [0.717, 1.165) is 18.1 Å². The fourth-order valence-electron chi connectivity index (χ4n) is 4.54. The number of fused-ring (bicyclic) bond motifs is 1. The number of rotatable bonds is 5. The first-order valence-corrected chi connectivity index (χ1v) is 12.6. The lowest BCUT2D eigenvalue weighted by Crippen LogP contribution is -2.25. The molecule has 1 unspecified atom stereocenters. The Hall–Kier alpha value is -3.31. The predicted molar refractivity (Wildman–Crippen MR) is 135 cm³/mol. The summed E-state index contributed by atoms with van der Waals surface area (Å²) in [5.74, 6) is -1.17. The molecule has 5 rings (SSSR count). The smallest absolute Gasteiger partial charge is 0.416 e. The first kappa shape index (κ1) is 25.3. The molecule has 2 aromatic carbocycles. The van der Waals surface area contributed by atoms with Gasteiger partial charge in [0, 0.05) is 29.9 Å². The van der Waals surface area contributed by atoms with Gasteiger partial charge in [0.05, 0.1) is 28.7 Å². The quantitative estimate of drug-likeness (QED) is 0.422. The van der Waals surface area contributed by atoms with Crippen molar-refractivity contribution in [2.24, 2.45) is 10.9 Å². The van der Waals surface area contributed by atoms with E-state index in [1.807, 2.05) is 11.0 Å². The Balaban J connectivity index is 1.32. The van der Waals surface area contributed by atoms with E-state index in [-0.39, 0.29) is 35.4 Å². The number of amidine groups is 1. The van der Waals surface area contributed by atoms with Gasteiger partial charge < -0.3 is 10.0 Å². The van der Waals surface area contributed by atoms with Gasteiger partial charge in [-0.1, -0.05) is 23.7 Å². The highest BCUT2D eigenvalue weighted by Crippen LogP contribution is 2.35. The van der Waals surface area contributed by atoms with Crippen LogP contribution in [0.5, 0.6) is 0 Å². The van der Waals surface area contributed by atoms with Gasteiger partial charge in [-0.15, -0.1) is 0 Å². The summed E-state index contributed by atoms with van der Waals surface area (Å²) in [6.07, 6.45) is -0.430. The molecule has 3 aromatic rings. The Morgan fingerprint density at radius 1 is 1.24 bits per heavy atom. The standard InChI is InChI=1S/C25H20ClF3N4O3S/c26-18-3-2-16(19(10-18)25(27,28)29)13-33-20-4-1-14(7-17(20)11-30-33)8-21-23(36)31-24(37-21)32-6-5-15(12-32)9-22(34)35/h1-4,7-8,10-11,15H,5-6,9,12-13H2,(H,34,35). The number of aliphatic imine (C=N–C) groups is 1. The van der Waals surface area contributed by atoms with E-state index in [9.17, 15) is 22.8 Å². The number of hydrogen-bond acceptors (Lipinski definition) is 5. The Labute approximate surface area is 218 Å². The molecule has 2 aliphatic rings. The molecule has 2 aliphatic heterocycles. The summed E-state index contributed by atoms with van der Waals surface area (Å²) in [4.78, 5) is 30.0. The van der Waals surface area contributed by atoms with Crippen LogP contribution >= 0.6 is 23.4 Å². The number of likely N-dealkylation sites (tertiary alicyclic amines) is 1. The first-order valence-electron chi connectivity index (χ1n) is 11.4. The molecular weight excluding hydrogens is 529 g/mol. The summed E-state index contributed by atoms with van der Waals surface area (Å²) >= 11 is 7.03. The number of carbonyl (C=O) groups excluding carboxylic acids is 1. The van der Waals surface area contributed by atoms with Gasteiger partial charge in [-0.25, -0.2) is 0 Å². The Morgan fingerprint density at radius 2 is 2.05 bits per heavy atom. The third-order valence-electron chi connectivity index (χ3n) is 6.29. The molecule has 1 amide bonds. The zero-order valence-electron chi connectivity index (χ0n) is 19.2. The van der Waals surface area contributed by atoms with Crippen LogP contribution in [0.25, 0.3) is 17.0 Å². The van der Waals surface area contributed by atoms with Crippen LogP contribution < -0.4 is 0 Å². The van der Waals surface area contributed by atoms with Gasteiger partial charge in [-0.2, -0.15) is 23.3 Å². The fraction of sp³-hybridized carbons (Fsp3) is 0.280. The SMILES string of the molecule is O=C(O)CC1CCN(C2=NC(=O)C(=Cc3ccc4c(cnn4Cc4ccc(Cl)cc4C(F)(F)F)c3)S2)C1. The number of aliphatic carboxylic acids is 1. The van der Waals surface area contributed by atoms with Crippen molar-refractivity contribution in [3.8, 4) is 0 Å². The van der Waals surface area contributed by atoms with Crippen LogP contribution in [0.2, 0.25) is 5.02 Å². The summed E-state index contributed by atoms with van der Waals surface area (Å²) in [5, 5.41) is 14.6. The van der Waals surface area contributed by atoms with Gasteiger partial charge in [0.1, 0.15) is 0 Å². The molecule has 37 heavy (non-hydrogen) atoms. The van der Waals surface area contributed by atoms with Crippen molar-refractivity contribution >= 4 is 57.4 Å². The monoisotopic (exact) mass is 548 g/mol. The number of carboxylic acid groups (broad SMARTS) is 1. The van der Waals surface area contributed by atoms with E-state index < -0.39 is 17.7 Å². The summed E-state index contributed by atoms with van der Waals surface area (Å²) in [6.45, 7) is 1.12. The second kappa shape index (κ2) is 9.86. The summed E-state index contributed by atoms with van der Waals surface area (Å²) < 4.78 is 41.9. The largest absolute Gasteiger partial charge is 0.481 e. The number of halogens is 4. The Bertz CT molecular complexity index is 1470. The summed E-state index contributed by atoms with van der Waals surface area (Å²) in [6, 6.07) is 9.01. The van der Waals surface area contributed by atoms with Crippen LogP contribution in [-0.2, 0) is 22.3 Å². The van der Waals surface area contributed by atoms with Gasteiger partial charge >= 0.3 is 12.1 Å². The van der Waals surface area contributed by atoms with Crippen molar-refractivity contribution in [3.05, 3.63) is 69.2 Å². The molecule has 1 atom stereocenters. The molecule has 0 saturated carbocycles. The number of nitrogens with zero attached hydrogens (tertiary/aromatic N) is 4. The molecule has 12 heteroatoms. The van der Waals surface area contributed by atoms with E-state index in [4.69, 9.17) is 16.7 Å². The van der Waals surface area contributed by atoms with Gasteiger partial charge in [0.2, 0.25) is 0 Å². The molecule has 0 spiro atoms. The minimum atomic E-state index is -4.54. The molecule has 0 radical (unpaired) electrons. The van der Waals surface area contributed by atoms with Gasteiger partial charge in [0.15, 0.2) is 5.17 Å². The van der Waals surface area contributed by atoms with E-state index in [0.29, 0.717) is 34.1 Å². The van der Waals surface area contributed by atoms with Crippen LogP contribution in [0, 0.1) is 5.92 Å². The van der Waals surface area contributed by atoms with E-state index in [1.165, 1.54) is 28.6 Å². The van der Waals surface area contributed by atoms with Crippen LogP contribution in [-0.4, -0.2) is 49.9 Å². The Kier molecular flexibility index (Phi) is 6.76. The fourth-order valence-corrected chi connectivity index (χ4v) is 5.66. The van der Waals surface area contributed by atoms with Crippen molar-refractivity contribution in [3.63, 3.8) is 0 Å². The molecule has 1 aromatic heterocycles. The highest BCUT2D eigenvalue weighted by molar-refractivity contribution is 8.18. The molecule has 1 N–H and O–H groups in total. The second-order valence-corrected chi connectivity index (χ2v) is 10.4. The number of aromatic nitrogens is 2. The topological polar surface area (TPSA) is 87.8 Å². The van der Waals surface area contributed by atoms with Gasteiger partial charge in [-0.3, -0.25) is 14.3 Å². The molecule has 0 aliphatic carbocycles. The van der Waals surface area contributed by atoms with Crippen molar-refractivity contribution < 1.29 is 27.9 Å². The molecule has 192 valence electrons. The minimum absolute atomic E-state index is 0.00959. The lowest BCUT2D eigenvalue weighted by Gasteiger charge is -2.16. The maximum Gasteiger partial charge on any atom is 0.416 e. The molecule has 3 heterocycles. The zero-order chi connectivity index (χ0) is 26.3. The van der Waals surface area contributed by atoms with E-state index in [2.05, 4.69) is 10.1 Å². The molecule has 1 fully saturated rings. The predicted octanol–water partition coefficient (Wildman–Crippen LogP) is 5.52. The zero-order valence-corrected chi connectivity index (χ0v) is 20.8. The second-order valence-electron chi connectivity index (χ2n) is 8.93. The first-order chi connectivity index (χ1) is 17.6. The maximum absolute atomic E-state index is 13.5. The average Bonchev–Trinajstić information content (AvgIpc) is 3.53. The lowest BCUT2D eigenvalue weighted by atomic mass is 10.1. The van der Waals surface area contributed by atoms with Gasteiger partial charge in [-0.05, 0) is 65.6 Å². The van der Waals surface area contributed by atoms with Crippen molar-refractivity contribution in [2.75, 3.05) is 13.1 Å². The van der Waals surface area contributed by atoms with Crippen LogP contribution in [0.1, 0.15) is 29.5 Å². The van der Waals surface area contributed by atoms with E-state index >= 15 is 0 Å². The van der Waals surface area contributed by atoms with Crippen molar-refractivity contribution in [2.45, 2.75) is 25.6 Å². The summed E-state index contributed by atoms with van der Waals surface area (Å²) in [7, 11) is 0. The van der Waals surface area contributed by atoms with Crippen molar-refractivity contribution in [1.29, 1.82) is 0 Å². The normalized spacial score (nSPS) is 19.3. The van der Waals surface area contributed by atoms with Crippen LogP contribution in [0.15, 0.2) is 52.5 Å². The van der Waals surface area contributed by atoms with Crippen LogP contribution in [0.3, 0.4) is 0 Å². The number of amides is 1. The van der Waals surface area contributed by atoms with Gasteiger partial charge in [0.25, 0.3) is 5.91 Å². The third kappa shape index (κ3) is 5.52. The molecular formula is C25H20ClF3N4O3S.